The van der Waals surface area contributed by atoms with Crippen molar-refractivity contribution in [3.63, 3.8) is 0 Å². The van der Waals surface area contributed by atoms with Gasteiger partial charge in [0.15, 0.2) is 0 Å². The second kappa shape index (κ2) is 9.39. The third kappa shape index (κ3) is 8.02. The van der Waals surface area contributed by atoms with Crippen molar-refractivity contribution in [3.05, 3.63) is 0 Å². The van der Waals surface area contributed by atoms with Crippen molar-refractivity contribution in [1.29, 1.82) is 0 Å². The molecule has 0 bridgehead atoms. The number of unbranched alkanes of at least 4 members (excludes halogenated alkanes) is 4. The Kier molecular flexibility index (Phi) is 8.23. The summed E-state index contributed by atoms with van der Waals surface area (Å²) >= 11 is 0. The molecule has 0 unspecified atom stereocenters. The highest BCUT2D eigenvalue weighted by molar-refractivity contribution is 5.67. The van der Waals surface area contributed by atoms with Gasteiger partial charge in [-0.2, -0.15) is 0 Å². The Labute approximate surface area is 136 Å². The number of rotatable bonds is 9. The van der Waals surface area contributed by atoms with Gasteiger partial charge in [0.1, 0.15) is 5.60 Å². The molecule has 1 amide bonds. The summed E-state index contributed by atoms with van der Waals surface area (Å²) in [6.45, 7) is 9.66. The molecule has 0 aromatic heterocycles. The zero-order valence-corrected chi connectivity index (χ0v) is 15.1. The average Bonchev–Trinajstić information content (AvgIpc) is 2.88. The summed E-state index contributed by atoms with van der Waals surface area (Å²) in [5.41, 5.74) is -0.346. The molecule has 2 N–H and O–H groups in total. The third-order valence-electron chi connectivity index (χ3n) is 4.31. The zero-order valence-electron chi connectivity index (χ0n) is 15.1. The van der Waals surface area contributed by atoms with Gasteiger partial charge in [0.25, 0.3) is 0 Å². The van der Waals surface area contributed by atoms with Crippen molar-refractivity contribution in [1.82, 2.24) is 10.6 Å². The van der Waals surface area contributed by atoms with Gasteiger partial charge in [-0.15, -0.1) is 0 Å². The van der Waals surface area contributed by atoms with Gasteiger partial charge in [0.05, 0.1) is 0 Å². The Morgan fingerprint density at radius 3 is 2.32 bits per heavy atom. The fraction of sp³-hybridized carbons (Fsp3) is 0.944. The molecule has 1 saturated carbocycles. The van der Waals surface area contributed by atoms with Gasteiger partial charge in [-0.1, -0.05) is 45.4 Å². The van der Waals surface area contributed by atoms with E-state index < -0.39 is 5.60 Å². The predicted octanol–water partition coefficient (Wildman–Crippen LogP) is 4.38. The SMILES string of the molecule is CCCCCCCNC1(CNC(=O)OC(C)(C)C)CCCC1. The number of nitrogens with one attached hydrogen (secondary N) is 2. The first kappa shape index (κ1) is 19.3. The highest BCUT2D eigenvalue weighted by atomic mass is 16.6. The molecule has 1 aliphatic carbocycles. The lowest BCUT2D eigenvalue weighted by Gasteiger charge is -2.31. The number of ether oxygens (including phenoxy) is 1. The van der Waals surface area contributed by atoms with Crippen LogP contribution in [0.4, 0.5) is 4.79 Å². The molecule has 4 nitrogen and oxygen atoms in total. The first-order valence-corrected chi connectivity index (χ1v) is 9.09. The van der Waals surface area contributed by atoms with Crippen molar-refractivity contribution in [2.75, 3.05) is 13.1 Å². The minimum Gasteiger partial charge on any atom is -0.444 e. The van der Waals surface area contributed by atoms with Crippen molar-refractivity contribution in [2.45, 2.75) is 96.6 Å². The van der Waals surface area contributed by atoms with Crippen molar-refractivity contribution >= 4 is 6.09 Å². The lowest BCUT2D eigenvalue weighted by atomic mass is 9.97. The Bertz CT molecular complexity index is 318. The van der Waals surface area contributed by atoms with Crippen LogP contribution in [0.3, 0.4) is 0 Å². The van der Waals surface area contributed by atoms with E-state index in [-0.39, 0.29) is 11.6 Å². The summed E-state index contributed by atoms with van der Waals surface area (Å²) in [6.07, 6.45) is 11.0. The highest BCUT2D eigenvalue weighted by Crippen LogP contribution is 2.29. The molecule has 0 atom stereocenters. The molecule has 0 heterocycles. The standard InChI is InChI=1S/C18H36N2O2/c1-5-6-7-8-11-14-20-18(12-9-10-13-18)15-19-16(21)22-17(2,3)4/h20H,5-15H2,1-4H3,(H,19,21). The largest absolute Gasteiger partial charge is 0.444 e. The minimum absolute atomic E-state index is 0.0850. The van der Waals surface area contributed by atoms with Crippen LogP contribution in [0.15, 0.2) is 0 Å². The molecule has 22 heavy (non-hydrogen) atoms. The van der Waals surface area contributed by atoms with Gasteiger partial charge in [-0.25, -0.2) is 4.79 Å². The van der Waals surface area contributed by atoms with Crippen LogP contribution in [0.2, 0.25) is 0 Å². The monoisotopic (exact) mass is 312 g/mol. The summed E-state index contributed by atoms with van der Waals surface area (Å²) in [4.78, 5) is 11.8. The number of amides is 1. The van der Waals surface area contributed by atoms with Crippen LogP contribution in [0, 0.1) is 0 Å². The van der Waals surface area contributed by atoms with Gasteiger partial charge in [-0.05, 0) is 46.6 Å². The van der Waals surface area contributed by atoms with Crippen LogP contribution < -0.4 is 10.6 Å². The van der Waals surface area contributed by atoms with Crippen LogP contribution in [0.1, 0.15) is 85.5 Å². The summed E-state index contributed by atoms with van der Waals surface area (Å²) in [6, 6.07) is 0. The Balaban J connectivity index is 2.29. The topological polar surface area (TPSA) is 50.4 Å². The van der Waals surface area contributed by atoms with Crippen LogP contribution >= 0.6 is 0 Å². The molecule has 0 spiro atoms. The van der Waals surface area contributed by atoms with E-state index in [1.54, 1.807) is 0 Å². The molecule has 1 rings (SSSR count). The molecule has 4 heteroatoms. The van der Waals surface area contributed by atoms with Crippen molar-refractivity contribution in [2.24, 2.45) is 0 Å². The fourth-order valence-electron chi connectivity index (χ4n) is 3.11. The van der Waals surface area contributed by atoms with Gasteiger partial charge in [-0.3, -0.25) is 0 Å². The normalized spacial score (nSPS) is 17.5. The molecule has 0 saturated heterocycles. The molecule has 0 aromatic rings. The van der Waals surface area contributed by atoms with Crippen LogP contribution in [-0.2, 0) is 4.74 Å². The van der Waals surface area contributed by atoms with Gasteiger partial charge >= 0.3 is 6.09 Å². The van der Waals surface area contributed by atoms with Gasteiger partial charge in [0, 0.05) is 12.1 Å². The van der Waals surface area contributed by atoms with E-state index in [1.165, 1.54) is 44.9 Å². The summed E-state index contributed by atoms with van der Waals surface area (Å²) in [5, 5.41) is 6.68. The molecular formula is C18H36N2O2. The van der Waals surface area contributed by atoms with Gasteiger partial charge < -0.3 is 15.4 Å². The number of carbonyl (C=O) groups excluding carboxylic acids is 1. The van der Waals surface area contributed by atoms with E-state index in [1.807, 2.05) is 20.8 Å². The Morgan fingerprint density at radius 1 is 1.09 bits per heavy atom. The predicted molar refractivity (Wildman–Crippen MR) is 92.2 cm³/mol. The number of alkyl carbamates (subject to hydrolysis) is 1. The maximum Gasteiger partial charge on any atom is 0.407 e. The third-order valence-corrected chi connectivity index (χ3v) is 4.31. The quantitative estimate of drug-likeness (QED) is 0.621. The van der Waals surface area contributed by atoms with E-state index in [0.29, 0.717) is 6.54 Å². The second-order valence-corrected chi connectivity index (χ2v) is 7.68. The molecule has 130 valence electrons. The lowest BCUT2D eigenvalue weighted by Crippen LogP contribution is -2.52. The Morgan fingerprint density at radius 2 is 1.73 bits per heavy atom. The number of hydrogen-bond donors (Lipinski definition) is 2. The molecular weight excluding hydrogens is 276 g/mol. The first-order chi connectivity index (χ1) is 10.4. The van der Waals surface area contributed by atoms with E-state index in [9.17, 15) is 4.79 Å². The molecule has 0 aromatic carbocycles. The van der Waals surface area contributed by atoms with Crippen molar-refractivity contribution in [3.8, 4) is 0 Å². The van der Waals surface area contributed by atoms with E-state index in [4.69, 9.17) is 4.74 Å². The van der Waals surface area contributed by atoms with Crippen LogP contribution in [0.5, 0.6) is 0 Å². The summed E-state index contributed by atoms with van der Waals surface area (Å²) < 4.78 is 5.33. The first-order valence-electron chi connectivity index (χ1n) is 9.09. The van der Waals surface area contributed by atoms with Crippen LogP contribution in [-0.4, -0.2) is 30.3 Å². The average molecular weight is 312 g/mol. The molecule has 0 aliphatic heterocycles. The van der Waals surface area contributed by atoms with Crippen molar-refractivity contribution < 1.29 is 9.53 Å². The number of carbonyl (C=O) groups is 1. The second-order valence-electron chi connectivity index (χ2n) is 7.68. The summed E-state index contributed by atoms with van der Waals surface area (Å²) in [5.74, 6) is 0. The van der Waals surface area contributed by atoms with Gasteiger partial charge in [0.2, 0.25) is 0 Å². The van der Waals surface area contributed by atoms with E-state index in [2.05, 4.69) is 17.6 Å². The molecule has 1 aliphatic rings. The fourth-order valence-corrected chi connectivity index (χ4v) is 3.11. The molecule has 1 fully saturated rings. The molecule has 0 radical (unpaired) electrons. The van der Waals surface area contributed by atoms with E-state index >= 15 is 0 Å². The summed E-state index contributed by atoms with van der Waals surface area (Å²) in [7, 11) is 0. The van der Waals surface area contributed by atoms with Crippen LogP contribution in [0.25, 0.3) is 0 Å². The maximum absolute atomic E-state index is 11.8. The minimum atomic E-state index is -0.431. The Hall–Kier alpha value is -0.770. The highest BCUT2D eigenvalue weighted by Gasteiger charge is 2.33. The number of hydrogen-bond acceptors (Lipinski definition) is 3. The lowest BCUT2D eigenvalue weighted by molar-refractivity contribution is 0.0509. The zero-order chi connectivity index (χ0) is 16.5. The smallest absolute Gasteiger partial charge is 0.407 e. The van der Waals surface area contributed by atoms with E-state index in [0.717, 1.165) is 19.4 Å². The maximum atomic E-state index is 11.8.